The van der Waals surface area contributed by atoms with Crippen LogP contribution in [0.4, 0.5) is 5.69 Å². The summed E-state index contributed by atoms with van der Waals surface area (Å²) in [5.41, 5.74) is -0.0123. The van der Waals surface area contributed by atoms with Crippen LogP contribution in [-0.2, 0) is 0 Å². The lowest BCUT2D eigenvalue weighted by atomic mass is 10.3. The van der Waals surface area contributed by atoms with E-state index < -0.39 is 4.92 Å². The number of rotatable bonds is 6. The smallest absolute Gasteiger partial charge is 0.273 e. The average Bonchev–Trinajstić information content (AvgIpc) is 2.29. The summed E-state index contributed by atoms with van der Waals surface area (Å²) in [6, 6.07) is 4.26. The summed E-state index contributed by atoms with van der Waals surface area (Å²) in [5.74, 6) is 1.58. The van der Waals surface area contributed by atoms with Crippen LogP contribution in [0.1, 0.15) is 6.42 Å². The number of non-ortho nitro benzene ring substituents is 1. The van der Waals surface area contributed by atoms with Crippen LogP contribution in [0.15, 0.2) is 18.2 Å². The molecule has 0 amide bonds. The van der Waals surface area contributed by atoms with Gasteiger partial charge in [0.15, 0.2) is 11.5 Å². The van der Waals surface area contributed by atoms with Gasteiger partial charge >= 0.3 is 0 Å². The second-order valence-corrected chi connectivity index (χ2v) is 3.47. The highest BCUT2D eigenvalue weighted by Gasteiger charge is 2.11. The zero-order chi connectivity index (χ0) is 12.0. The molecule has 6 heteroatoms. The Hall–Kier alpha value is -1.43. The quantitative estimate of drug-likeness (QED) is 0.360. The minimum absolute atomic E-state index is 0.0123. The second-order valence-electron chi connectivity index (χ2n) is 3.02. The fraction of sp³-hybridized carbons (Fsp3) is 0.400. The lowest BCUT2D eigenvalue weighted by molar-refractivity contribution is -0.385. The molecular weight excluding hydrogens is 230 g/mol. The maximum atomic E-state index is 10.6. The first-order valence-electron chi connectivity index (χ1n) is 4.75. The van der Waals surface area contributed by atoms with Crippen LogP contribution < -0.4 is 9.47 Å². The van der Waals surface area contributed by atoms with Crippen LogP contribution in [0, 0.1) is 10.1 Å². The minimum Gasteiger partial charge on any atom is -0.493 e. The zero-order valence-electron chi connectivity index (χ0n) is 8.88. The molecule has 5 nitrogen and oxygen atoms in total. The molecular formula is C10H13NO4S. The van der Waals surface area contributed by atoms with Gasteiger partial charge in [-0.25, -0.2) is 0 Å². The molecule has 0 saturated carbocycles. The Balaban J connectivity index is 2.84. The van der Waals surface area contributed by atoms with E-state index in [1.54, 1.807) is 0 Å². The zero-order valence-corrected chi connectivity index (χ0v) is 9.78. The van der Waals surface area contributed by atoms with Crippen LogP contribution in [0.2, 0.25) is 0 Å². The van der Waals surface area contributed by atoms with Crippen LogP contribution in [0.3, 0.4) is 0 Å². The highest BCUT2D eigenvalue weighted by molar-refractivity contribution is 7.80. The number of nitro benzene ring substituents is 1. The number of ether oxygens (including phenoxy) is 2. The topological polar surface area (TPSA) is 61.6 Å². The molecule has 88 valence electrons. The predicted octanol–water partition coefficient (Wildman–Crippen LogP) is 2.30. The molecule has 16 heavy (non-hydrogen) atoms. The normalized spacial score (nSPS) is 9.88. The Morgan fingerprint density at radius 2 is 2.19 bits per heavy atom. The summed E-state index contributed by atoms with van der Waals surface area (Å²) in [5, 5.41) is 10.6. The standard InChI is InChI=1S/C10H13NO4S/c1-14-9-4-3-8(11(12)13)7-10(9)15-5-2-6-16/h3-4,7,16H,2,5-6H2,1H3. The van der Waals surface area contributed by atoms with Crippen molar-refractivity contribution in [2.24, 2.45) is 0 Å². The summed E-state index contributed by atoms with van der Waals surface area (Å²) in [7, 11) is 1.49. The van der Waals surface area contributed by atoms with Gasteiger partial charge in [-0.05, 0) is 18.2 Å². The molecule has 0 bridgehead atoms. The van der Waals surface area contributed by atoms with Crippen molar-refractivity contribution in [3.05, 3.63) is 28.3 Å². The Morgan fingerprint density at radius 3 is 2.75 bits per heavy atom. The van der Waals surface area contributed by atoms with Crippen molar-refractivity contribution in [3.63, 3.8) is 0 Å². The number of thiol groups is 1. The van der Waals surface area contributed by atoms with Gasteiger partial charge in [0.05, 0.1) is 24.7 Å². The van der Waals surface area contributed by atoms with E-state index in [4.69, 9.17) is 9.47 Å². The third-order valence-electron chi connectivity index (χ3n) is 1.92. The molecule has 1 aromatic carbocycles. The number of methoxy groups -OCH3 is 1. The van der Waals surface area contributed by atoms with Gasteiger partial charge in [-0.1, -0.05) is 0 Å². The molecule has 0 aliphatic carbocycles. The van der Waals surface area contributed by atoms with Crippen LogP contribution in [0.25, 0.3) is 0 Å². The molecule has 0 aliphatic rings. The van der Waals surface area contributed by atoms with Gasteiger partial charge in [-0.15, -0.1) is 0 Å². The summed E-state index contributed by atoms with van der Waals surface area (Å²) in [6.07, 6.45) is 0.773. The van der Waals surface area contributed by atoms with E-state index in [9.17, 15) is 10.1 Å². The Morgan fingerprint density at radius 1 is 1.44 bits per heavy atom. The summed E-state index contributed by atoms with van der Waals surface area (Å²) >= 11 is 4.05. The maximum Gasteiger partial charge on any atom is 0.273 e. The first kappa shape index (κ1) is 12.6. The summed E-state index contributed by atoms with van der Waals surface area (Å²) in [6.45, 7) is 0.459. The molecule has 0 radical (unpaired) electrons. The monoisotopic (exact) mass is 243 g/mol. The molecule has 0 saturated heterocycles. The number of benzene rings is 1. The van der Waals surface area contributed by atoms with Crippen LogP contribution >= 0.6 is 12.6 Å². The van der Waals surface area contributed by atoms with E-state index >= 15 is 0 Å². The predicted molar refractivity (Wildman–Crippen MR) is 63.6 cm³/mol. The van der Waals surface area contributed by atoms with Crippen molar-refractivity contribution in [2.75, 3.05) is 19.5 Å². The van der Waals surface area contributed by atoms with Gasteiger partial charge < -0.3 is 9.47 Å². The number of hydrogen-bond acceptors (Lipinski definition) is 5. The Labute approximate surface area is 98.9 Å². The lowest BCUT2D eigenvalue weighted by Gasteiger charge is -2.09. The van der Waals surface area contributed by atoms with Gasteiger partial charge in [0, 0.05) is 6.07 Å². The number of nitro groups is 1. The van der Waals surface area contributed by atoms with Crippen LogP contribution in [-0.4, -0.2) is 24.4 Å². The van der Waals surface area contributed by atoms with Crippen molar-refractivity contribution in [1.29, 1.82) is 0 Å². The van der Waals surface area contributed by atoms with Crippen molar-refractivity contribution in [1.82, 2.24) is 0 Å². The molecule has 0 heterocycles. The Bertz CT molecular complexity index is 370. The fourth-order valence-electron chi connectivity index (χ4n) is 1.14. The van der Waals surface area contributed by atoms with E-state index in [0.29, 0.717) is 23.9 Å². The van der Waals surface area contributed by atoms with E-state index in [1.165, 1.54) is 25.3 Å². The van der Waals surface area contributed by atoms with Gasteiger partial charge in [0.25, 0.3) is 5.69 Å². The molecule has 0 spiro atoms. The lowest BCUT2D eigenvalue weighted by Crippen LogP contribution is -2.00. The highest BCUT2D eigenvalue weighted by Crippen LogP contribution is 2.31. The van der Waals surface area contributed by atoms with E-state index in [-0.39, 0.29) is 5.69 Å². The molecule has 0 aromatic heterocycles. The van der Waals surface area contributed by atoms with Gasteiger partial charge in [0.1, 0.15) is 0 Å². The fourth-order valence-corrected chi connectivity index (χ4v) is 1.27. The molecule has 0 N–H and O–H groups in total. The minimum atomic E-state index is -0.467. The van der Waals surface area contributed by atoms with Crippen LogP contribution in [0.5, 0.6) is 11.5 Å². The molecule has 0 atom stereocenters. The van der Waals surface area contributed by atoms with E-state index in [0.717, 1.165) is 6.42 Å². The van der Waals surface area contributed by atoms with E-state index in [1.807, 2.05) is 0 Å². The first-order chi connectivity index (χ1) is 7.69. The largest absolute Gasteiger partial charge is 0.493 e. The molecule has 0 fully saturated rings. The average molecular weight is 243 g/mol. The van der Waals surface area contributed by atoms with Crippen molar-refractivity contribution >= 4 is 18.3 Å². The van der Waals surface area contributed by atoms with Gasteiger partial charge in [-0.2, -0.15) is 12.6 Å². The van der Waals surface area contributed by atoms with Gasteiger partial charge in [0.2, 0.25) is 0 Å². The van der Waals surface area contributed by atoms with Gasteiger partial charge in [-0.3, -0.25) is 10.1 Å². The summed E-state index contributed by atoms with van der Waals surface area (Å²) in [4.78, 5) is 10.1. The first-order valence-corrected chi connectivity index (χ1v) is 5.38. The van der Waals surface area contributed by atoms with Crippen molar-refractivity contribution in [2.45, 2.75) is 6.42 Å². The maximum absolute atomic E-state index is 10.6. The Kier molecular flexibility index (Phi) is 4.91. The third kappa shape index (κ3) is 3.30. The molecule has 1 aromatic rings. The van der Waals surface area contributed by atoms with Crippen molar-refractivity contribution in [3.8, 4) is 11.5 Å². The van der Waals surface area contributed by atoms with Crippen molar-refractivity contribution < 1.29 is 14.4 Å². The van der Waals surface area contributed by atoms with E-state index in [2.05, 4.69) is 12.6 Å². The third-order valence-corrected chi connectivity index (χ3v) is 2.23. The summed E-state index contributed by atoms with van der Waals surface area (Å²) < 4.78 is 10.4. The number of nitrogens with zero attached hydrogens (tertiary/aromatic N) is 1. The molecule has 0 aliphatic heterocycles. The SMILES string of the molecule is COc1ccc([N+](=O)[O-])cc1OCCCS. The number of hydrogen-bond donors (Lipinski definition) is 1. The highest BCUT2D eigenvalue weighted by atomic mass is 32.1. The molecule has 0 unspecified atom stereocenters. The molecule has 1 rings (SSSR count). The second kappa shape index (κ2) is 6.22.